The summed E-state index contributed by atoms with van der Waals surface area (Å²) in [6.45, 7) is 1.87. The minimum Gasteiger partial charge on any atom is -0.350 e. The molecule has 2 aromatic carbocycles. The van der Waals surface area contributed by atoms with Crippen LogP contribution in [0.15, 0.2) is 47.3 Å². The van der Waals surface area contributed by atoms with Crippen molar-refractivity contribution in [1.82, 2.24) is 15.3 Å². The number of rotatable bonds is 6. The molecule has 0 aliphatic carbocycles. The number of aromatic nitrogens is 2. The van der Waals surface area contributed by atoms with Crippen LogP contribution in [0.4, 0.5) is 0 Å². The zero-order valence-electron chi connectivity index (χ0n) is 14.8. The van der Waals surface area contributed by atoms with Crippen LogP contribution in [0, 0.1) is 0 Å². The first-order chi connectivity index (χ1) is 12.9. The highest BCUT2D eigenvalue weighted by Crippen LogP contribution is 2.26. The maximum absolute atomic E-state index is 12.2. The summed E-state index contributed by atoms with van der Waals surface area (Å²) in [6, 6.07) is 12.2. The number of aryl methyl sites for hydroxylation is 1. The SMILES string of the molecule is C[C@@H](NC(=O)CCCc1nc2ccccc2c(=O)[nH]1)c1ccc(Cl)cc1Cl. The summed E-state index contributed by atoms with van der Waals surface area (Å²) in [6.07, 6.45) is 1.42. The molecule has 0 saturated carbocycles. The number of para-hydroxylation sites is 1. The van der Waals surface area contributed by atoms with Crippen molar-refractivity contribution in [3.8, 4) is 0 Å². The van der Waals surface area contributed by atoms with Gasteiger partial charge in [0.1, 0.15) is 5.82 Å². The van der Waals surface area contributed by atoms with E-state index in [4.69, 9.17) is 23.2 Å². The van der Waals surface area contributed by atoms with Crippen LogP contribution in [0.1, 0.15) is 37.2 Å². The summed E-state index contributed by atoms with van der Waals surface area (Å²) in [5.74, 6) is 0.497. The third-order valence-corrected chi connectivity index (χ3v) is 4.85. The van der Waals surface area contributed by atoms with Gasteiger partial charge in [0.25, 0.3) is 5.56 Å². The van der Waals surface area contributed by atoms with Crippen molar-refractivity contribution in [1.29, 1.82) is 0 Å². The summed E-state index contributed by atoms with van der Waals surface area (Å²) in [7, 11) is 0. The highest BCUT2D eigenvalue weighted by atomic mass is 35.5. The topological polar surface area (TPSA) is 74.8 Å². The Bertz CT molecular complexity index is 1030. The van der Waals surface area contributed by atoms with Gasteiger partial charge < -0.3 is 10.3 Å². The van der Waals surface area contributed by atoms with E-state index in [1.54, 1.807) is 36.4 Å². The number of carbonyl (C=O) groups is 1. The van der Waals surface area contributed by atoms with Gasteiger partial charge in [-0.05, 0) is 43.2 Å². The van der Waals surface area contributed by atoms with Gasteiger partial charge >= 0.3 is 0 Å². The largest absolute Gasteiger partial charge is 0.350 e. The fraction of sp³-hybridized carbons (Fsp3) is 0.250. The monoisotopic (exact) mass is 403 g/mol. The maximum atomic E-state index is 12.2. The predicted molar refractivity (Wildman–Crippen MR) is 108 cm³/mol. The Morgan fingerprint density at radius 3 is 2.78 bits per heavy atom. The lowest BCUT2D eigenvalue weighted by molar-refractivity contribution is -0.121. The molecule has 0 aliphatic heterocycles. The smallest absolute Gasteiger partial charge is 0.258 e. The number of fused-ring (bicyclic) bond motifs is 1. The number of aromatic amines is 1. The molecule has 0 radical (unpaired) electrons. The van der Waals surface area contributed by atoms with Crippen LogP contribution < -0.4 is 10.9 Å². The lowest BCUT2D eigenvalue weighted by Crippen LogP contribution is -2.26. The van der Waals surface area contributed by atoms with Crippen LogP contribution in [0.25, 0.3) is 10.9 Å². The van der Waals surface area contributed by atoms with Gasteiger partial charge in [-0.3, -0.25) is 9.59 Å². The lowest BCUT2D eigenvalue weighted by Gasteiger charge is -2.16. The molecule has 2 N–H and O–H groups in total. The molecule has 0 aliphatic rings. The molecule has 1 aromatic heterocycles. The van der Waals surface area contributed by atoms with Gasteiger partial charge in [-0.15, -0.1) is 0 Å². The molecule has 5 nitrogen and oxygen atoms in total. The van der Waals surface area contributed by atoms with E-state index in [-0.39, 0.29) is 17.5 Å². The van der Waals surface area contributed by atoms with E-state index < -0.39 is 0 Å². The van der Waals surface area contributed by atoms with Gasteiger partial charge in [0.15, 0.2) is 0 Å². The van der Waals surface area contributed by atoms with E-state index in [0.717, 1.165) is 5.56 Å². The number of halogens is 2. The van der Waals surface area contributed by atoms with Crippen LogP contribution >= 0.6 is 23.2 Å². The van der Waals surface area contributed by atoms with Gasteiger partial charge in [-0.1, -0.05) is 41.4 Å². The molecule has 0 spiro atoms. The number of hydrogen-bond acceptors (Lipinski definition) is 3. The fourth-order valence-electron chi connectivity index (χ4n) is 2.91. The number of hydrogen-bond donors (Lipinski definition) is 2. The highest BCUT2D eigenvalue weighted by molar-refractivity contribution is 6.35. The van der Waals surface area contributed by atoms with Crippen LogP contribution in [0.5, 0.6) is 0 Å². The Kier molecular flexibility index (Phi) is 6.14. The Hall–Kier alpha value is -2.37. The highest BCUT2D eigenvalue weighted by Gasteiger charge is 2.13. The quantitative estimate of drug-likeness (QED) is 0.638. The van der Waals surface area contributed by atoms with Gasteiger partial charge in [0, 0.05) is 22.9 Å². The van der Waals surface area contributed by atoms with E-state index >= 15 is 0 Å². The molecule has 0 saturated heterocycles. The molecular weight excluding hydrogens is 385 g/mol. The predicted octanol–water partition coefficient (Wildman–Crippen LogP) is 4.43. The number of benzene rings is 2. The normalized spacial score (nSPS) is 12.1. The van der Waals surface area contributed by atoms with Crippen LogP contribution in [0.2, 0.25) is 10.0 Å². The minimum absolute atomic E-state index is 0.0864. The lowest BCUT2D eigenvalue weighted by atomic mass is 10.1. The third-order valence-electron chi connectivity index (χ3n) is 4.29. The van der Waals surface area contributed by atoms with Crippen molar-refractivity contribution < 1.29 is 4.79 Å². The van der Waals surface area contributed by atoms with Gasteiger partial charge in [0.05, 0.1) is 16.9 Å². The van der Waals surface area contributed by atoms with E-state index in [9.17, 15) is 9.59 Å². The molecule has 3 rings (SSSR count). The molecule has 1 heterocycles. The molecule has 0 fully saturated rings. The summed E-state index contributed by atoms with van der Waals surface area (Å²) in [5, 5.41) is 4.56. The molecular formula is C20H19Cl2N3O2. The van der Waals surface area contributed by atoms with Crippen LogP contribution in [0.3, 0.4) is 0 Å². The molecule has 1 amide bonds. The number of nitrogens with one attached hydrogen (secondary N) is 2. The summed E-state index contributed by atoms with van der Waals surface area (Å²) in [4.78, 5) is 31.5. The average Bonchev–Trinajstić information content (AvgIpc) is 2.61. The standard InChI is InChI=1S/C20H19Cl2N3O2/c1-12(14-10-9-13(21)11-16(14)22)23-19(26)8-4-7-18-24-17-6-3-2-5-15(17)20(27)25-18/h2-3,5-6,9-12H,4,7-8H2,1H3,(H,23,26)(H,24,25,27)/t12-/m1/s1. The third kappa shape index (κ3) is 4.87. The van der Waals surface area contributed by atoms with E-state index in [0.29, 0.717) is 46.0 Å². The Labute approximate surface area is 166 Å². The molecule has 3 aromatic rings. The summed E-state index contributed by atoms with van der Waals surface area (Å²) in [5.41, 5.74) is 1.31. The van der Waals surface area contributed by atoms with E-state index in [2.05, 4.69) is 15.3 Å². The summed E-state index contributed by atoms with van der Waals surface area (Å²) < 4.78 is 0. The average molecular weight is 404 g/mol. The van der Waals surface area contributed by atoms with Gasteiger partial charge in [0.2, 0.25) is 5.91 Å². The first-order valence-electron chi connectivity index (χ1n) is 8.66. The first kappa shape index (κ1) is 19.4. The number of carbonyl (C=O) groups excluding carboxylic acids is 1. The number of amides is 1. The van der Waals surface area contributed by atoms with Crippen LogP contribution in [-0.4, -0.2) is 15.9 Å². The molecule has 140 valence electrons. The second-order valence-corrected chi connectivity index (χ2v) is 7.18. The zero-order chi connectivity index (χ0) is 19.4. The van der Waals surface area contributed by atoms with Gasteiger partial charge in [-0.2, -0.15) is 0 Å². The number of nitrogens with zero attached hydrogens (tertiary/aromatic N) is 1. The molecule has 0 unspecified atom stereocenters. The van der Waals surface area contributed by atoms with Crippen molar-refractivity contribution in [3.63, 3.8) is 0 Å². The minimum atomic E-state index is -0.221. The molecule has 0 bridgehead atoms. The van der Waals surface area contributed by atoms with E-state index in [1.165, 1.54) is 0 Å². The zero-order valence-corrected chi connectivity index (χ0v) is 16.3. The Morgan fingerprint density at radius 1 is 1.22 bits per heavy atom. The van der Waals surface area contributed by atoms with Crippen LogP contribution in [-0.2, 0) is 11.2 Å². The number of H-pyrrole nitrogens is 1. The molecule has 27 heavy (non-hydrogen) atoms. The van der Waals surface area contributed by atoms with Crippen molar-refractivity contribution in [2.45, 2.75) is 32.2 Å². The van der Waals surface area contributed by atoms with Crippen molar-refractivity contribution in [2.75, 3.05) is 0 Å². The summed E-state index contributed by atoms with van der Waals surface area (Å²) >= 11 is 12.1. The molecule has 7 heteroatoms. The fourth-order valence-corrected chi connectivity index (χ4v) is 3.49. The van der Waals surface area contributed by atoms with Crippen molar-refractivity contribution in [2.24, 2.45) is 0 Å². The Morgan fingerprint density at radius 2 is 2.00 bits per heavy atom. The van der Waals surface area contributed by atoms with Crippen molar-refractivity contribution >= 4 is 40.0 Å². The van der Waals surface area contributed by atoms with E-state index in [1.807, 2.05) is 13.0 Å². The maximum Gasteiger partial charge on any atom is 0.258 e. The second-order valence-electron chi connectivity index (χ2n) is 6.34. The van der Waals surface area contributed by atoms with Crippen molar-refractivity contribution in [3.05, 3.63) is 74.3 Å². The Balaban J connectivity index is 1.56. The van der Waals surface area contributed by atoms with Gasteiger partial charge in [-0.25, -0.2) is 4.98 Å². The first-order valence-corrected chi connectivity index (χ1v) is 9.42. The second kappa shape index (κ2) is 8.55. The molecule has 1 atom stereocenters.